The van der Waals surface area contributed by atoms with E-state index >= 15 is 0 Å². The van der Waals surface area contributed by atoms with Gasteiger partial charge in [0.25, 0.3) is 0 Å². The van der Waals surface area contributed by atoms with Gasteiger partial charge in [0.2, 0.25) is 5.91 Å². The molecular formula is C42H73NO8. The standard InChI is InChI=1S/C42H73NO8/c1-3-5-7-9-11-12-13-14-15-16-17-18-19-20-21-22-23-24-26-28-30-32-38(46)43-35(36(45)31-29-27-25-10-8-6-4-2)34-50-42-41(49)40(48)39(47)37(33-44)51-42/h5,7,11-12,14-15,17-18,29,31,35-37,39-42,44-45,47-49H,3-4,6,8-10,13,16,19-28,30,32-34H2,1-2H3,(H,43,46)/b7-5-,12-11-,15-14-,18-17-,31-29+. The third-order valence-electron chi connectivity index (χ3n) is 9.10. The molecule has 1 aliphatic heterocycles. The third-order valence-corrected chi connectivity index (χ3v) is 9.10. The number of hydrogen-bond donors (Lipinski definition) is 6. The predicted molar refractivity (Wildman–Crippen MR) is 207 cm³/mol. The predicted octanol–water partition coefficient (Wildman–Crippen LogP) is 7.27. The normalized spacial score (nSPS) is 22.7. The Morgan fingerprint density at radius 3 is 1.80 bits per heavy atom. The lowest BCUT2D eigenvalue weighted by Gasteiger charge is -2.40. The molecule has 51 heavy (non-hydrogen) atoms. The first-order valence-corrected chi connectivity index (χ1v) is 20.0. The van der Waals surface area contributed by atoms with E-state index in [0.717, 1.165) is 77.0 Å². The van der Waals surface area contributed by atoms with Gasteiger partial charge in [-0.15, -0.1) is 0 Å². The molecule has 1 amide bonds. The highest BCUT2D eigenvalue weighted by Gasteiger charge is 2.44. The van der Waals surface area contributed by atoms with E-state index in [9.17, 15) is 30.3 Å². The number of aliphatic hydroxyl groups excluding tert-OH is 5. The summed E-state index contributed by atoms with van der Waals surface area (Å²) < 4.78 is 11.1. The summed E-state index contributed by atoms with van der Waals surface area (Å²) in [6.07, 6.45) is 34.3. The second-order valence-electron chi connectivity index (χ2n) is 13.7. The smallest absolute Gasteiger partial charge is 0.220 e. The molecule has 0 aromatic heterocycles. The lowest BCUT2D eigenvalue weighted by molar-refractivity contribution is -0.302. The molecule has 0 bridgehead atoms. The summed E-state index contributed by atoms with van der Waals surface area (Å²) >= 11 is 0. The molecule has 0 spiro atoms. The molecule has 9 nitrogen and oxygen atoms in total. The Hall–Kier alpha value is -2.11. The Morgan fingerprint density at radius 2 is 1.22 bits per heavy atom. The lowest BCUT2D eigenvalue weighted by atomic mass is 9.99. The molecule has 9 heteroatoms. The number of allylic oxidation sites excluding steroid dienone is 9. The molecule has 0 saturated carbocycles. The number of hydrogen-bond acceptors (Lipinski definition) is 8. The summed E-state index contributed by atoms with van der Waals surface area (Å²) in [5.74, 6) is -0.194. The van der Waals surface area contributed by atoms with Crippen LogP contribution in [0.25, 0.3) is 0 Å². The minimum atomic E-state index is -1.57. The van der Waals surface area contributed by atoms with Crippen LogP contribution in [0.2, 0.25) is 0 Å². The van der Waals surface area contributed by atoms with Crippen LogP contribution in [0.5, 0.6) is 0 Å². The van der Waals surface area contributed by atoms with Gasteiger partial charge >= 0.3 is 0 Å². The molecular weight excluding hydrogens is 646 g/mol. The Balaban J connectivity index is 2.31. The van der Waals surface area contributed by atoms with Gasteiger partial charge < -0.3 is 40.3 Å². The van der Waals surface area contributed by atoms with Crippen LogP contribution >= 0.6 is 0 Å². The van der Waals surface area contributed by atoms with Crippen LogP contribution in [-0.2, 0) is 14.3 Å². The highest BCUT2D eigenvalue weighted by atomic mass is 16.7. The van der Waals surface area contributed by atoms with Crippen LogP contribution in [-0.4, -0.2) is 87.5 Å². The summed E-state index contributed by atoms with van der Waals surface area (Å²) in [7, 11) is 0. The molecule has 1 aliphatic rings. The summed E-state index contributed by atoms with van der Waals surface area (Å²) in [6.45, 7) is 3.56. The minimum Gasteiger partial charge on any atom is -0.394 e. The Morgan fingerprint density at radius 1 is 0.686 bits per heavy atom. The van der Waals surface area contributed by atoms with Crippen LogP contribution < -0.4 is 5.32 Å². The van der Waals surface area contributed by atoms with Crippen molar-refractivity contribution in [3.05, 3.63) is 60.8 Å². The van der Waals surface area contributed by atoms with Gasteiger partial charge in [0, 0.05) is 6.42 Å². The number of unbranched alkanes of at least 4 members (excludes halogenated alkanes) is 13. The van der Waals surface area contributed by atoms with E-state index in [0.29, 0.717) is 6.42 Å². The van der Waals surface area contributed by atoms with Crippen LogP contribution in [0.3, 0.4) is 0 Å². The van der Waals surface area contributed by atoms with E-state index in [-0.39, 0.29) is 12.5 Å². The molecule has 0 aromatic carbocycles. The molecule has 1 heterocycles. The second kappa shape index (κ2) is 32.5. The van der Waals surface area contributed by atoms with Crippen LogP contribution in [0, 0.1) is 0 Å². The Kier molecular flexibility index (Phi) is 29.9. The molecule has 1 rings (SSSR count). The van der Waals surface area contributed by atoms with Gasteiger partial charge in [-0.1, -0.05) is 139 Å². The van der Waals surface area contributed by atoms with Gasteiger partial charge in [-0.05, 0) is 57.8 Å². The first-order chi connectivity index (χ1) is 24.8. The van der Waals surface area contributed by atoms with Gasteiger partial charge in [-0.2, -0.15) is 0 Å². The van der Waals surface area contributed by atoms with Gasteiger partial charge in [0.1, 0.15) is 24.4 Å². The summed E-state index contributed by atoms with van der Waals surface area (Å²) in [4.78, 5) is 12.8. The summed E-state index contributed by atoms with van der Waals surface area (Å²) in [6, 6.07) is -0.808. The number of rotatable bonds is 31. The maximum Gasteiger partial charge on any atom is 0.220 e. The molecule has 294 valence electrons. The van der Waals surface area contributed by atoms with Crippen molar-refractivity contribution < 1.29 is 39.8 Å². The fraction of sp³-hybridized carbons (Fsp3) is 0.738. The Labute approximate surface area is 309 Å². The molecule has 7 unspecified atom stereocenters. The van der Waals surface area contributed by atoms with E-state index in [1.807, 2.05) is 6.08 Å². The van der Waals surface area contributed by atoms with E-state index in [1.165, 1.54) is 44.9 Å². The lowest BCUT2D eigenvalue weighted by Crippen LogP contribution is -2.60. The quantitative estimate of drug-likeness (QED) is 0.0324. The highest BCUT2D eigenvalue weighted by Crippen LogP contribution is 2.22. The average molecular weight is 720 g/mol. The number of ether oxygens (including phenoxy) is 2. The maximum atomic E-state index is 12.8. The van der Waals surface area contributed by atoms with Crippen molar-refractivity contribution in [2.45, 2.75) is 185 Å². The first kappa shape index (κ1) is 46.9. The van der Waals surface area contributed by atoms with E-state index < -0.39 is 49.5 Å². The number of amides is 1. The number of carbonyl (C=O) groups excluding carboxylic acids is 1. The molecule has 0 aromatic rings. The van der Waals surface area contributed by atoms with Crippen molar-refractivity contribution in [3.8, 4) is 0 Å². The summed E-state index contributed by atoms with van der Waals surface area (Å²) in [5, 5.41) is 53.7. The molecule has 0 radical (unpaired) electrons. The van der Waals surface area contributed by atoms with E-state index in [4.69, 9.17) is 9.47 Å². The minimum absolute atomic E-state index is 0.194. The first-order valence-electron chi connectivity index (χ1n) is 20.0. The maximum absolute atomic E-state index is 12.8. The largest absolute Gasteiger partial charge is 0.394 e. The monoisotopic (exact) mass is 720 g/mol. The topological polar surface area (TPSA) is 149 Å². The second-order valence-corrected chi connectivity index (χ2v) is 13.7. The zero-order valence-electron chi connectivity index (χ0n) is 31.8. The SMILES string of the molecule is CC/C=C\C/C=C\C/C=C\C/C=C\CCCCCCCCCCC(=O)NC(COC1OC(CO)C(O)C(O)C1O)C(O)/C=C/CCCCCCC. The number of aliphatic hydroxyl groups is 5. The van der Waals surface area contributed by atoms with Crippen molar-refractivity contribution in [1.82, 2.24) is 5.32 Å². The van der Waals surface area contributed by atoms with Crippen LogP contribution in [0.4, 0.5) is 0 Å². The zero-order chi connectivity index (χ0) is 37.4. The number of nitrogens with one attached hydrogen (secondary N) is 1. The van der Waals surface area contributed by atoms with Crippen molar-refractivity contribution >= 4 is 5.91 Å². The molecule has 0 aliphatic carbocycles. The van der Waals surface area contributed by atoms with Crippen molar-refractivity contribution in [1.29, 1.82) is 0 Å². The van der Waals surface area contributed by atoms with Gasteiger partial charge in [0.05, 0.1) is 25.4 Å². The van der Waals surface area contributed by atoms with Crippen molar-refractivity contribution in [3.63, 3.8) is 0 Å². The highest BCUT2D eigenvalue weighted by molar-refractivity contribution is 5.76. The van der Waals surface area contributed by atoms with Crippen LogP contribution in [0.15, 0.2) is 60.8 Å². The van der Waals surface area contributed by atoms with Crippen molar-refractivity contribution in [2.24, 2.45) is 0 Å². The van der Waals surface area contributed by atoms with Gasteiger partial charge in [-0.25, -0.2) is 0 Å². The molecule has 1 fully saturated rings. The molecule has 1 saturated heterocycles. The fourth-order valence-corrected chi connectivity index (χ4v) is 5.85. The average Bonchev–Trinajstić information content (AvgIpc) is 3.13. The van der Waals surface area contributed by atoms with Gasteiger partial charge in [-0.3, -0.25) is 4.79 Å². The van der Waals surface area contributed by atoms with Gasteiger partial charge in [0.15, 0.2) is 6.29 Å². The zero-order valence-corrected chi connectivity index (χ0v) is 31.8. The molecule has 6 N–H and O–H groups in total. The van der Waals surface area contributed by atoms with E-state index in [1.54, 1.807) is 6.08 Å². The fourth-order valence-electron chi connectivity index (χ4n) is 5.85. The third kappa shape index (κ3) is 24.0. The number of carbonyl (C=O) groups is 1. The summed E-state index contributed by atoms with van der Waals surface area (Å²) in [5.41, 5.74) is 0. The van der Waals surface area contributed by atoms with Crippen molar-refractivity contribution in [2.75, 3.05) is 13.2 Å². The Bertz CT molecular complexity index is 978. The molecule has 7 atom stereocenters. The van der Waals surface area contributed by atoms with Crippen LogP contribution in [0.1, 0.15) is 142 Å². The van der Waals surface area contributed by atoms with E-state index in [2.05, 4.69) is 67.8 Å².